The summed E-state index contributed by atoms with van der Waals surface area (Å²) in [5.41, 5.74) is 6.68. The first-order chi connectivity index (χ1) is 10.1. The molecule has 2 rings (SSSR count). The zero-order valence-corrected chi connectivity index (χ0v) is 14.9. The van der Waals surface area contributed by atoms with Gasteiger partial charge in [0.15, 0.2) is 0 Å². The molecule has 21 heavy (non-hydrogen) atoms. The molecule has 0 fully saturated rings. The van der Waals surface area contributed by atoms with E-state index in [9.17, 15) is 0 Å². The molecule has 0 bridgehead atoms. The fourth-order valence-electron chi connectivity index (χ4n) is 2.67. The van der Waals surface area contributed by atoms with E-state index in [1.807, 2.05) is 0 Å². The highest BCUT2D eigenvalue weighted by Gasteiger charge is 2.16. The van der Waals surface area contributed by atoms with Crippen molar-refractivity contribution in [3.05, 3.63) is 68.7 Å². The van der Waals surface area contributed by atoms with E-state index >= 15 is 0 Å². The van der Waals surface area contributed by atoms with Gasteiger partial charge < -0.3 is 5.32 Å². The Balaban J connectivity index is 2.44. The van der Waals surface area contributed by atoms with E-state index in [-0.39, 0.29) is 6.04 Å². The smallest absolute Gasteiger partial charge is 0.0579 e. The zero-order valence-electron chi connectivity index (χ0n) is 13.3. The van der Waals surface area contributed by atoms with Gasteiger partial charge in [-0.15, -0.1) is 0 Å². The van der Waals surface area contributed by atoms with Crippen LogP contribution >= 0.6 is 15.9 Å². The van der Waals surface area contributed by atoms with Gasteiger partial charge in [-0.1, -0.05) is 60.1 Å². The number of nitrogens with one attached hydrogen (secondary N) is 1. The highest BCUT2D eigenvalue weighted by atomic mass is 79.9. The molecule has 0 amide bonds. The van der Waals surface area contributed by atoms with Gasteiger partial charge in [-0.3, -0.25) is 0 Å². The van der Waals surface area contributed by atoms with Crippen molar-refractivity contribution in [1.82, 2.24) is 5.32 Å². The van der Waals surface area contributed by atoms with Crippen molar-refractivity contribution in [1.29, 1.82) is 0 Å². The Morgan fingerprint density at radius 2 is 1.67 bits per heavy atom. The maximum atomic E-state index is 3.62. The molecule has 0 aliphatic heterocycles. The Bertz CT molecular complexity index is 602. The standard InChI is InChI=1S/C19H24BrN/c1-5-15-7-9-16(10-8-15)19(21-6-2)17-11-14(4)18(20)12-13(17)3/h7-12,19,21H,5-6H2,1-4H3. The van der Waals surface area contributed by atoms with Crippen LogP contribution in [0.25, 0.3) is 0 Å². The molecular weight excluding hydrogens is 322 g/mol. The van der Waals surface area contributed by atoms with Gasteiger partial charge in [-0.25, -0.2) is 0 Å². The predicted molar refractivity (Wildman–Crippen MR) is 95.0 cm³/mol. The van der Waals surface area contributed by atoms with Crippen LogP contribution in [-0.2, 0) is 6.42 Å². The lowest BCUT2D eigenvalue weighted by Crippen LogP contribution is -2.23. The summed E-state index contributed by atoms with van der Waals surface area (Å²) in [4.78, 5) is 0. The minimum atomic E-state index is 0.257. The van der Waals surface area contributed by atoms with Gasteiger partial charge >= 0.3 is 0 Å². The Kier molecular flexibility index (Phi) is 5.60. The van der Waals surface area contributed by atoms with E-state index in [4.69, 9.17) is 0 Å². The second-order valence-electron chi connectivity index (χ2n) is 5.54. The van der Waals surface area contributed by atoms with Crippen LogP contribution in [0.3, 0.4) is 0 Å². The maximum Gasteiger partial charge on any atom is 0.0579 e. The lowest BCUT2D eigenvalue weighted by atomic mass is 9.93. The van der Waals surface area contributed by atoms with Crippen LogP contribution in [0.5, 0.6) is 0 Å². The van der Waals surface area contributed by atoms with Crippen molar-refractivity contribution in [3.63, 3.8) is 0 Å². The van der Waals surface area contributed by atoms with E-state index in [1.165, 1.54) is 32.3 Å². The third kappa shape index (κ3) is 3.75. The third-order valence-electron chi connectivity index (χ3n) is 3.99. The van der Waals surface area contributed by atoms with Gasteiger partial charge in [0.05, 0.1) is 6.04 Å². The number of hydrogen-bond acceptors (Lipinski definition) is 1. The molecule has 0 heterocycles. The summed E-state index contributed by atoms with van der Waals surface area (Å²) in [7, 11) is 0. The van der Waals surface area contributed by atoms with E-state index in [1.54, 1.807) is 0 Å². The Morgan fingerprint density at radius 1 is 1.00 bits per heavy atom. The zero-order chi connectivity index (χ0) is 15.4. The quantitative estimate of drug-likeness (QED) is 0.772. The summed E-state index contributed by atoms with van der Waals surface area (Å²) < 4.78 is 1.18. The van der Waals surface area contributed by atoms with E-state index < -0.39 is 0 Å². The summed E-state index contributed by atoms with van der Waals surface area (Å²) in [6, 6.07) is 13.7. The normalized spacial score (nSPS) is 12.4. The molecular formula is C19H24BrN. The van der Waals surface area contributed by atoms with Gasteiger partial charge in [0.1, 0.15) is 0 Å². The number of halogens is 1. The molecule has 112 valence electrons. The summed E-state index contributed by atoms with van der Waals surface area (Å²) in [5, 5.41) is 3.62. The van der Waals surface area contributed by atoms with E-state index in [0.29, 0.717) is 0 Å². The highest BCUT2D eigenvalue weighted by molar-refractivity contribution is 9.10. The van der Waals surface area contributed by atoms with Gasteiger partial charge in [0.2, 0.25) is 0 Å². The van der Waals surface area contributed by atoms with Crippen LogP contribution in [0.4, 0.5) is 0 Å². The Morgan fingerprint density at radius 3 is 2.24 bits per heavy atom. The number of rotatable bonds is 5. The molecule has 0 radical (unpaired) electrons. The van der Waals surface area contributed by atoms with Crippen LogP contribution in [0.2, 0.25) is 0 Å². The van der Waals surface area contributed by atoms with Crippen LogP contribution < -0.4 is 5.32 Å². The van der Waals surface area contributed by atoms with Gasteiger partial charge in [-0.2, -0.15) is 0 Å². The lowest BCUT2D eigenvalue weighted by molar-refractivity contribution is 0.627. The molecule has 1 N–H and O–H groups in total. The monoisotopic (exact) mass is 345 g/mol. The molecule has 0 aliphatic carbocycles. The lowest BCUT2D eigenvalue weighted by Gasteiger charge is -2.22. The number of aryl methyl sites for hydroxylation is 3. The van der Waals surface area contributed by atoms with Crippen molar-refractivity contribution < 1.29 is 0 Å². The highest BCUT2D eigenvalue weighted by Crippen LogP contribution is 2.29. The van der Waals surface area contributed by atoms with Crippen molar-refractivity contribution in [2.24, 2.45) is 0 Å². The predicted octanol–water partition coefficient (Wildman–Crippen LogP) is 5.33. The first-order valence-electron chi connectivity index (χ1n) is 7.65. The molecule has 0 aromatic heterocycles. The fourth-order valence-corrected chi connectivity index (χ4v) is 3.13. The summed E-state index contributed by atoms with van der Waals surface area (Å²) >= 11 is 3.62. The first kappa shape index (κ1) is 16.3. The van der Waals surface area contributed by atoms with Crippen molar-refractivity contribution >= 4 is 15.9 Å². The summed E-state index contributed by atoms with van der Waals surface area (Å²) in [6.07, 6.45) is 1.09. The van der Waals surface area contributed by atoms with E-state index in [0.717, 1.165) is 13.0 Å². The minimum absolute atomic E-state index is 0.257. The Labute approximate surface area is 136 Å². The summed E-state index contributed by atoms with van der Waals surface area (Å²) in [6.45, 7) is 9.64. The molecule has 1 atom stereocenters. The van der Waals surface area contributed by atoms with Gasteiger partial charge in [0.25, 0.3) is 0 Å². The van der Waals surface area contributed by atoms with Crippen molar-refractivity contribution in [2.75, 3.05) is 6.54 Å². The first-order valence-corrected chi connectivity index (χ1v) is 8.45. The van der Waals surface area contributed by atoms with Crippen molar-refractivity contribution in [3.8, 4) is 0 Å². The van der Waals surface area contributed by atoms with Crippen LogP contribution in [0.1, 0.15) is 47.7 Å². The van der Waals surface area contributed by atoms with Gasteiger partial charge in [0, 0.05) is 4.47 Å². The van der Waals surface area contributed by atoms with Crippen LogP contribution in [0, 0.1) is 13.8 Å². The van der Waals surface area contributed by atoms with Gasteiger partial charge in [-0.05, 0) is 60.7 Å². The topological polar surface area (TPSA) is 12.0 Å². The Hall–Kier alpha value is -1.12. The maximum absolute atomic E-state index is 3.62. The molecule has 0 saturated heterocycles. The molecule has 0 saturated carbocycles. The largest absolute Gasteiger partial charge is 0.307 e. The SMILES string of the molecule is CCNC(c1ccc(CC)cc1)c1cc(C)c(Br)cc1C. The second kappa shape index (κ2) is 7.24. The average Bonchev–Trinajstić information content (AvgIpc) is 2.49. The number of hydrogen-bond donors (Lipinski definition) is 1. The van der Waals surface area contributed by atoms with Crippen LogP contribution in [0.15, 0.2) is 40.9 Å². The third-order valence-corrected chi connectivity index (χ3v) is 4.84. The molecule has 1 unspecified atom stereocenters. The van der Waals surface area contributed by atoms with E-state index in [2.05, 4.69) is 85.3 Å². The molecule has 2 aromatic rings. The average molecular weight is 346 g/mol. The number of benzene rings is 2. The van der Waals surface area contributed by atoms with Crippen molar-refractivity contribution in [2.45, 2.75) is 40.2 Å². The minimum Gasteiger partial charge on any atom is -0.307 e. The molecule has 0 spiro atoms. The molecule has 2 aromatic carbocycles. The molecule has 2 heteroatoms. The summed E-state index contributed by atoms with van der Waals surface area (Å²) in [5.74, 6) is 0. The molecule has 1 nitrogen and oxygen atoms in total. The second-order valence-corrected chi connectivity index (χ2v) is 6.40. The van der Waals surface area contributed by atoms with Crippen LogP contribution in [-0.4, -0.2) is 6.54 Å². The molecule has 0 aliphatic rings. The fraction of sp³-hybridized carbons (Fsp3) is 0.368.